The van der Waals surface area contributed by atoms with Crippen molar-refractivity contribution in [3.05, 3.63) is 81.6 Å². The van der Waals surface area contributed by atoms with E-state index in [0.29, 0.717) is 57.6 Å². The number of halogens is 1. The number of pyridine rings is 1. The van der Waals surface area contributed by atoms with Gasteiger partial charge in [-0.1, -0.05) is 30.3 Å². The molecule has 0 amide bonds. The molecule has 4 aromatic rings. The quantitative estimate of drug-likeness (QED) is 0.259. The van der Waals surface area contributed by atoms with Crippen molar-refractivity contribution in [2.75, 3.05) is 31.3 Å². The van der Waals surface area contributed by atoms with Crippen molar-refractivity contribution in [2.45, 2.75) is 13.0 Å². The van der Waals surface area contributed by atoms with Crippen LogP contribution in [-0.2, 0) is 13.0 Å². The number of aryl methyl sites for hydroxylation is 2. The smallest absolute Gasteiger partial charge is 0.260 e. The summed E-state index contributed by atoms with van der Waals surface area (Å²) in [6, 6.07) is 13.2. The van der Waals surface area contributed by atoms with Gasteiger partial charge in [-0.2, -0.15) is 4.98 Å². The summed E-state index contributed by atoms with van der Waals surface area (Å²) < 4.78 is 15.7. The first-order valence-corrected chi connectivity index (χ1v) is 12.4. The van der Waals surface area contributed by atoms with E-state index in [-0.39, 0.29) is 5.56 Å². The largest absolute Gasteiger partial charge is 0.497 e. The van der Waals surface area contributed by atoms with Crippen molar-refractivity contribution in [3.8, 4) is 22.6 Å². The maximum atomic E-state index is 13.9. The summed E-state index contributed by atoms with van der Waals surface area (Å²) >= 11 is 8.04. The van der Waals surface area contributed by atoms with E-state index in [0.717, 1.165) is 11.3 Å². The van der Waals surface area contributed by atoms with E-state index in [9.17, 15) is 4.79 Å². The molecular formula is C26H26ClN5O3S. The second-order valence-corrected chi connectivity index (χ2v) is 8.92. The van der Waals surface area contributed by atoms with Gasteiger partial charge in [-0.15, -0.1) is 0 Å². The summed E-state index contributed by atoms with van der Waals surface area (Å²) in [6.45, 7) is 4.11. The average Bonchev–Trinajstić information content (AvgIpc) is 2.91. The van der Waals surface area contributed by atoms with Gasteiger partial charge in [0.1, 0.15) is 17.1 Å². The van der Waals surface area contributed by atoms with Crippen LogP contribution in [0.4, 0.5) is 11.6 Å². The van der Waals surface area contributed by atoms with Crippen LogP contribution in [0.2, 0.25) is 5.02 Å². The third kappa shape index (κ3) is 5.27. The van der Waals surface area contributed by atoms with E-state index in [2.05, 4.69) is 26.6 Å². The van der Waals surface area contributed by atoms with Gasteiger partial charge in [-0.3, -0.25) is 9.36 Å². The molecule has 0 unspecified atom stereocenters. The second kappa shape index (κ2) is 11.4. The molecule has 36 heavy (non-hydrogen) atoms. The van der Waals surface area contributed by atoms with Crippen molar-refractivity contribution < 1.29 is 9.47 Å². The van der Waals surface area contributed by atoms with Crippen LogP contribution in [0, 0.1) is 0 Å². The molecule has 2 N–H and O–H groups in total. The first-order chi connectivity index (χ1) is 17.5. The van der Waals surface area contributed by atoms with Gasteiger partial charge in [0.25, 0.3) is 5.56 Å². The standard InChI is InChI=1S/C26H26ClN5O3S/c1-5-36-31-18-8-6-7-16(11-18)9-10-32-24-17(15-29-26(28-2)30-24)12-21(25(32)33)20-13-19(34-3)14-22(35-4)23(20)27/h5-8,11-15,31H,1,9-10H2,2-4H3,(H,28,29,30). The van der Waals surface area contributed by atoms with Crippen molar-refractivity contribution in [2.24, 2.45) is 0 Å². The normalized spacial score (nSPS) is 10.8. The fraction of sp³-hybridized carbons (Fsp3) is 0.192. The molecule has 0 saturated heterocycles. The fourth-order valence-electron chi connectivity index (χ4n) is 3.86. The highest BCUT2D eigenvalue weighted by Crippen LogP contribution is 2.38. The highest BCUT2D eigenvalue weighted by Gasteiger charge is 2.19. The zero-order valence-electron chi connectivity index (χ0n) is 20.2. The average molecular weight is 524 g/mol. The van der Waals surface area contributed by atoms with Crippen LogP contribution in [0.25, 0.3) is 22.2 Å². The Morgan fingerprint density at radius 2 is 2.00 bits per heavy atom. The van der Waals surface area contributed by atoms with Gasteiger partial charge in [0.05, 0.1) is 19.2 Å². The Labute approximate surface area is 218 Å². The number of ether oxygens (including phenoxy) is 2. The molecule has 2 heterocycles. The molecule has 186 valence electrons. The Hall–Kier alpha value is -3.69. The van der Waals surface area contributed by atoms with Gasteiger partial charge in [-0.05, 0) is 53.6 Å². The van der Waals surface area contributed by atoms with Crippen LogP contribution in [0.3, 0.4) is 0 Å². The minimum atomic E-state index is -0.225. The molecular weight excluding hydrogens is 498 g/mol. The summed E-state index contributed by atoms with van der Waals surface area (Å²) in [7, 11) is 4.81. The number of nitrogens with zero attached hydrogens (tertiary/aromatic N) is 3. The number of hydrogen-bond donors (Lipinski definition) is 2. The van der Waals surface area contributed by atoms with Crippen molar-refractivity contribution in [1.29, 1.82) is 0 Å². The summed E-state index contributed by atoms with van der Waals surface area (Å²) in [5.74, 6) is 1.37. The second-order valence-electron chi connectivity index (χ2n) is 7.77. The number of rotatable bonds is 10. The predicted octanol–water partition coefficient (Wildman–Crippen LogP) is 5.62. The highest BCUT2D eigenvalue weighted by atomic mass is 35.5. The van der Waals surface area contributed by atoms with Gasteiger partial charge in [0.15, 0.2) is 0 Å². The number of nitrogens with one attached hydrogen (secondary N) is 2. The number of aromatic nitrogens is 3. The van der Waals surface area contributed by atoms with Crippen LogP contribution in [0.5, 0.6) is 11.5 Å². The fourth-order valence-corrected chi connectivity index (χ4v) is 4.49. The molecule has 4 rings (SSSR count). The highest BCUT2D eigenvalue weighted by molar-refractivity contribution is 8.03. The van der Waals surface area contributed by atoms with Gasteiger partial charge < -0.3 is 19.5 Å². The molecule has 8 nitrogen and oxygen atoms in total. The summed E-state index contributed by atoms with van der Waals surface area (Å²) in [4.78, 5) is 22.8. The van der Waals surface area contributed by atoms with E-state index in [4.69, 9.17) is 21.1 Å². The van der Waals surface area contributed by atoms with Gasteiger partial charge in [-0.25, -0.2) is 4.98 Å². The molecule has 2 aromatic carbocycles. The molecule has 0 aliphatic heterocycles. The van der Waals surface area contributed by atoms with E-state index >= 15 is 0 Å². The molecule has 0 aliphatic rings. The van der Waals surface area contributed by atoms with E-state index < -0.39 is 0 Å². The maximum absolute atomic E-state index is 13.9. The summed E-state index contributed by atoms with van der Waals surface area (Å²) in [5.41, 5.74) is 3.25. The lowest BCUT2D eigenvalue weighted by molar-refractivity contribution is 0.395. The lowest BCUT2D eigenvalue weighted by atomic mass is 10.0. The zero-order chi connectivity index (χ0) is 25.7. The third-order valence-corrected chi connectivity index (χ3v) is 6.53. The maximum Gasteiger partial charge on any atom is 0.260 e. The Morgan fingerprint density at radius 3 is 2.72 bits per heavy atom. The van der Waals surface area contributed by atoms with Crippen molar-refractivity contribution in [3.63, 3.8) is 0 Å². The molecule has 10 heteroatoms. The number of fused-ring (bicyclic) bond motifs is 1. The Morgan fingerprint density at radius 1 is 1.17 bits per heavy atom. The first kappa shape index (κ1) is 25.4. The molecule has 0 spiro atoms. The summed E-state index contributed by atoms with van der Waals surface area (Å²) in [5, 5.41) is 5.70. The van der Waals surface area contributed by atoms with Crippen LogP contribution in [0.1, 0.15) is 5.56 Å². The molecule has 0 bridgehead atoms. The molecule has 0 fully saturated rings. The van der Waals surface area contributed by atoms with Crippen LogP contribution in [-0.4, -0.2) is 35.8 Å². The van der Waals surface area contributed by atoms with Crippen molar-refractivity contribution >= 4 is 46.2 Å². The van der Waals surface area contributed by atoms with E-state index in [1.54, 1.807) is 48.5 Å². The van der Waals surface area contributed by atoms with Gasteiger partial charge in [0, 0.05) is 48.1 Å². The number of anilines is 2. The van der Waals surface area contributed by atoms with E-state index in [1.807, 2.05) is 24.3 Å². The topological polar surface area (TPSA) is 90.3 Å². The minimum Gasteiger partial charge on any atom is -0.497 e. The zero-order valence-corrected chi connectivity index (χ0v) is 21.7. The Kier molecular flexibility index (Phi) is 8.02. The first-order valence-electron chi connectivity index (χ1n) is 11.1. The van der Waals surface area contributed by atoms with E-state index in [1.165, 1.54) is 19.1 Å². The molecule has 2 aromatic heterocycles. The van der Waals surface area contributed by atoms with Crippen LogP contribution in [0.15, 0.2) is 65.4 Å². The third-order valence-electron chi connectivity index (χ3n) is 5.62. The molecule has 0 radical (unpaired) electrons. The molecule has 0 atom stereocenters. The lowest BCUT2D eigenvalue weighted by Crippen LogP contribution is -2.24. The Bertz CT molecular complexity index is 1470. The van der Waals surface area contributed by atoms with Crippen LogP contribution < -0.4 is 25.1 Å². The van der Waals surface area contributed by atoms with Crippen molar-refractivity contribution in [1.82, 2.24) is 14.5 Å². The Balaban J connectivity index is 1.84. The predicted molar refractivity (Wildman–Crippen MR) is 148 cm³/mol. The number of hydrogen-bond acceptors (Lipinski definition) is 8. The minimum absolute atomic E-state index is 0.225. The van der Waals surface area contributed by atoms with Crippen LogP contribution >= 0.6 is 23.5 Å². The molecule has 0 saturated carbocycles. The number of methoxy groups -OCH3 is 2. The molecule has 0 aliphatic carbocycles. The summed E-state index contributed by atoms with van der Waals surface area (Å²) in [6.07, 6.45) is 2.30. The number of benzene rings is 2. The monoisotopic (exact) mass is 523 g/mol. The van der Waals surface area contributed by atoms with Gasteiger partial charge in [0.2, 0.25) is 5.95 Å². The SMILES string of the molecule is C=CSNc1cccc(CCn2c(=O)c(-c3cc(OC)cc(OC)c3Cl)cc3cnc(NC)nc32)c1. The lowest BCUT2D eigenvalue weighted by Gasteiger charge is -2.16. The van der Waals surface area contributed by atoms with Gasteiger partial charge >= 0.3 is 0 Å².